The third-order valence-electron chi connectivity index (χ3n) is 22.7. The molecular weight excluding hydrogens is 1650 g/mol. The number of esters is 2. The number of benzene rings is 6. The summed E-state index contributed by atoms with van der Waals surface area (Å²) in [5, 5.41) is 14.6. The van der Waals surface area contributed by atoms with Crippen LogP contribution in [0, 0.1) is 17.5 Å². The van der Waals surface area contributed by atoms with Crippen molar-refractivity contribution in [2.75, 3.05) is 47.3 Å². The van der Waals surface area contributed by atoms with Crippen LogP contribution in [0.25, 0.3) is 66.5 Å². The van der Waals surface area contributed by atoms with Crippen LogP contribution < -0.4 is 11.1 Å². The lowest BCUT2D eigenvalue weighted by Crippen LogP contribution is -2.48. The van der Waals surface area contributed by atoms with Gasteiger partial charge in [-0.3, -0.25) is 47.9 Å². The average molecular weight is 1760 g/mol. The maximum Gasteiger partial charge on any atom is 0.466 e. The molecule has 15 rings (SSSR count). The summed E-state index contributed by atoms with van der Waals surface area (Å²) >= 11 is 0. The molecule has 674 valence electrons. The lowest BCUT2D eigenvalue weighted by molar-refractivity contribution is -0.157. The van der Waals surface area contributed by atoms with Crippen molar-refractivity contribution in [1.82, 2.24) is 44.8 Å². The number of H-pyrrole nitrogens is 3. The number of nitrogens with two attached hydrogens (primary N) is 1. The Morgan fingerprint density at radius 3 is 1.08 bits per heavy atom. The molecule has 3 atom stereocenters. The predicted octanol–water partition coefficient (Wildman–Crippen LogP) is 14.1. The highest BCUT2D eigenvalue weighted by Crippen LogP contribution is 2.42. The Bertz CT molecular complexity index is 5600. The molecular formula is C94H114F3N10O18P. The van der Waals surface area contributed by atoms with Crippen molar-refractivity contribution in [3.63, 3.8) is 0 Å². The molecule has 0 spiro atoms. The zero-order valence-corrected chi connectivity index (χ0v) is 72.8. The zero-order valence-electron chi connectivity index (χ0n) is 71.9. The summed E-state index contributed by atoms with van der Waals surface area (Å²) in [4.78, 5) is 175. The first kappa shape index (κ1) is 96.7. The molecule has 32 heteroatoms. The van der Waals surface area contributed by atoms with E-state index in [-0.39, 0.29) is 92.4 Å². The van der Waals surface area contributed by atoms with E-state index in [0.717, 1.165) is 129 Å². The number of phosphoric acid groups is 1. The topological polar surface area (TPSA) is 406 Å². The van der Waals surface area contributed by atoms with Crippen LogP contribution in [0.15, 0.2) is 109 Å². The Morgan fingerprint density at radius 2 is 0.778 bits per heavy atom. The molecule has 126 heavy (non-hydrogen) atoms. The van der Waals surface area contributed by atoms with Crippen LogP contribution in [0.5, 0.6) is 0 Å². The van der Waals surface area contributed by atoms with Crippen molar-refractivity contribution in [2.45, 2.75) is 220 Å². The van der Waals surface area contributed by atoms with E-state index < -0.39 is 66.7 Å². The summed E-state index contributed by atoms with van der Waals surface area (Å²) in [7, 11) is 0.765. The van der Waals surface area contributed by atoms with Gasteiger partial charge in [0.25, 0.3) is 0 Å². The number of nitrogens with zero attached hydrogens (tertiary/aromatic N) is 5. The van der Waals surface area contributed by atoms with Crippen LogP contribution in [0.3, 0.4) is 0 Å². The molecule has 3 saturated heterocycles. The van der Waals surface area contributed by atoms with Gasteiger partial charge in [-0.2, -0.15) is 0 Å². The Balaban J connectivity index is 0.000000178. The molecule has 5 amide bonds. The number of aliphatic carboxylic acids is 1. The first-order valence-electron chi connectivity index (χ1n) is 42.2. The minimum atomic E-state index is -4.64. The number of likely N-dealkylation sites (N-methyl/N-ethyl adjacent to an activating group) is 2. The SMILES string of the molecule is C.CC(C)(C)OC(=O)CCC(=O)N1CCC[C@H]1C(=O)O.CN(Cc1ccc(-c2[nH]c3cc(F)cc4c3c2CCCC4=O)cc1)C(=O)[C@@H]1CCCN1C(=O)CCC(=O)OC(C)(C)C.CN(Cc1ccc(-c2[nH]c3cc(F)cc4c3c2CCCC4=O)cc1)C(=O)[C@@H]1CCCN1C(=O)CN.CNCc1ccc(-c2[nH]c3cc(F)cc4c3c2CCCC4=O)cc1.O=P(O)(O)O. The number of carbonyl (C=O) groups excluding carboxylic acids is 10. The number of amides is 5. The fourth-order valence-electron chi connectivity index (χ4n) is 17.3. The minimum absolute atomic E-state index is 0. The van der Waals surface area contributed by atoms with Crippen LogP contribution in [0.2, 0.25) is 0 Å². The van der Waals surface area contributed by atoms with E-state index in [0.29, 0.717) is 117 Å². The van der Waals surface area contributed by atoms with E-state index in [1.165, 1.54) is 46.9 Å². The smallest absolute Gasteiger partial charge is 0.466 e. The maximum atomic E-state index is 14.3. The number of carboxylic acids is 1. The quantitative estimate of drug-likeness (QED) is 0.0268. The highest BCUT2D eigenvalue weighted by Gasteiger charge is 2.39. The molecule has 9 aromatic rings. The number of aryl methyl sites for hydroxylation is 3. The first-order chi connectivity index (χ1) is 59.1. The molecule has 0 radical (unpaired) electrons. The number of likely N-dealkylation sites (tertiary alicyclic amines) is 3. The third-order valence-corrected chi connectivity index (χ3v) is 22.7. The normalized spacial score (nSPS) is 16.6. The Morgan fingerprint density at radius 1 is 0.476 bits per heavy atom. The standard InChI is InChI=1S/C33H38FN3O5.C27H29FN4O3.C20H19FN2O.C13H21NO5.CH4.H3O4P/c1-33(2,3)42-29(40)15-14-28(39)37-16-6-8-26(37)32(41)36(4)19-20-10-12-21(13-11-20)31-23-7-5-9-27(38)24-17-22(34)18-25(35-31)30(23)24;1-31(27(35)22-5-3-11-32(22)24(34)14-29)15-16-7-9-17(10-8-16)26-19-4-2-6-23(33)20-12-18(28)13-21(30-26)25(19)20;1-22-11-12-5-7-13(8-6-12)20-15-3-2-4-18(24)16-9-14(21)10-17(23-20)19(15)16;1-13(2,3)19-11(16)7-6-10(15)14-8-4-5-9(14)12(17)18;;1-5(2,3)4/h10-13,17-18,26,35H,5-9,14-16,19H2,1-4H3;7-10,12-13,22,30H,2-6,11,14-15,29H2,1H3;5-10,22-23H,2-4,11H2,1H3;9H,4-8H2,1-3H3,(H,17,18);1H4;(H3,1,2,3,4)/t26-;22-;;9-;;/m00.0../s1. The van der Waals surface area contributed by atoms with Gasteiger partial charge in [-0.05, 0) is 212 Å². The van der Waals surface area contributed by atoms with Crippen molar-refractivity contribution in [3.05, 3.63) is 177 Å². The number of rotatable bonds is 19. The van der Waals surface area contributed by atoms with E-state index in [1.807, 2.05) is 55.6 Å². The molecule has 3 aliphatic heterocycles. The summed E-state index contributed by atoms with van der Waals surface area (Å²) in [5.41, 5.74) is 19.8. The number of carbonyl (C=O) groups is 11. The van der Waals surface area contributed by atoms with Gasteiger partial charge in [0.15, 0.2) is 17.3 Å². The summed E-state index contributed by atoms with van der Waals surface area (Å²) in [6, 6.07) is 30.8. The third kappa shape index (κ3) is 24.4. The Labute approximate surface area is 729 Å². The molecule has 3 fully saturated rings. The molecule has 0 bridgehead atoms. The number of aromatic amines is 3. The number of hydrogen-bond donors (Lipinski definition) is 9. The highest BCUT2D eigenvalue weighted by atomic mass is 31.2. The number of ether oxygens (including phenoxy) is 2. The van der Waals surface area contributed by atoms with Gasteiger partial charge in [-0.15, -0.1) is 0 Å². The van der Waals surface area contributed by atoms with Gasteiger partial charge in [0.1, 0.15) is 46.8 Å². The fraction of sp³-hybridized carbons (Fsp3) is 0.436. The van der Waals surface area contributed by atoms with E-state index in [2.05, 4.69) is 44.5 Å². The van der Waals surface area contributed by atoms with Gasteiger partial charge in [-0.25, -0.2) is 22.5 Å². The van der Waals surface area contributed by atoms with Gasteiger partial charge in [0.05, 0.1) is 19.4 Å². The van der Waals surface area contributed by atoms with Crippen molar-refractivity contribution in [3.8, 4) is 33.8 Å². The summed E-state index contributed by atoms with van der Waals surface area (Å²) in [5.74, 6) is -3.98. The first-order valence-corrected chi connectivity index (χ1v) is 43.8. The largest absolute Gasteiger partial charge is 0.480 e. The number of Topliss-reactive ketones (excluding diaryl/α,β-unsaturated/α-hetero) is 3. The van der Waals surface area contributed by atoms with E-state index >= 15 is 0 Å². The predicted molar refractivity (Wildman–Crippen MR) is 471 cm³/mol. The molecule has 3 aliphatic carbocycles. The molecule has 6 aromatic carbocycles. The van der Waals surface area contributed by atoms with Crippen molar-refractivity contribution < 1.29 is 99.7 Å². The number of ketones is 3. The maximum absolute atomic E-state index is 14.3. The van der Waals surface area contributed by atoms with Crippen molar-refractivity contribution >= 4 is 105 Å². The van der Waals surface area contributed by atoms with E-state index in [1.54, 1.807) is 75.2 Å². The fourth-order valence-corrected chi connectivity index (χ4v) is 17.3. The van der Waals surface area contributed by atoms with Gasteiger partial charge in [0.2, 0.25) is 29.5 Å². The van der Waals surface area contributed by atoms with Gasteiger partial charge >= 0.3 is 25.7 Å². The van der Waals surface area contributed by atoms with Crippen LogP contribution in [0.1, 0.15) is 216 Å². The van der Waals surface area contributed by atoms with Gasteiger partial charge < -0.3 is 79.8 Å². The zero-order chi connectivity index (χ0) is 90.7. The number of halogens is 3. The second-order valence-corrected chi connectivity index (χ2v) is 35.4. The molecule has 6 aliphatic rings. The summed E-state index contributed by atoms with van der Waals surface area (Å²) < 4.78 is 61.6. The minimum Gasteiger partial charge on any atom is -0.480 e. The number of carboxylic acid groups (broad SMARTS) is 1. The summed E-state index contributed by atoms with van der Waals surface area (Å²) in [6.07, 6.45) is 9.78. The van der Waals surface area contributed by atoms with Crippen molar-refractivity contribution in [1.29, 1.82) is 0 Å². The Kier molecular flexibility index (Phi) is 32.1. The van der Waals surface area contributed by atoms with Crippen LogP contribution >= 0.6 is 7.82 Å². The lowest BCUT2D eigenvalue weighted by Gasteiger charge is -2.28. The molecule has 10 N–H and O–H groups in total. The summed E-state index contributed by atoms with van der Waals surface area (Å²) in [6.45, 7) is 13.7. The average Bonchev–Trinajstić information content (AvgIpc) is 1.61. The molecule has 0 unspecified atom stereocenters. The van der Waals surface area contributed by atoms with E-state index in [9.17, 15) is 65.9 Å². The number of aromatic nitrogens is 3. The number of nitrogens with one attached hydrogen (secondary N) is 4. The van der Waals surface area contributed by atoms with Crippen LogP contribution in [0.4, 0.5) is 13.2 Å². The molecule has 0 saturated carbocycles. The Hall–Kier alpha value is -11.5. The molecule has 3 aromatic heterocycles. The van der Waals surface area contributed by atoms with Gasteiger partial charge in [0, 0.05) is 152 Å². The van der Waals surface area contributed by atoms with Crippen molar-refractivity contribution in [2.24, 2.45) is 5.73 Å². The molecule has 6 heterocycles. The monoisotopic (exact) mass is 1760 g/mol. The lowest BCUT2D eigenvalue weighted by atomic mass is 9.99. The van der Waals surface area contributed by atoms with Crippen LogP contribution in [-0.2, 0) is 91.3 Å². The second-order valence-electron chi connectivity index (χ2n) is 34.4. The molecule has 28 nitrogen and oxygen atoms in total. The highest BCUT2D eigenvalue weighted by molar-refractivity contribution is 7.45. The van der Waals surface area contributed by atoms with Crippen LogP contribution in [-0.4, -0.2) is 201 Å². The van der Waals surface area contributed by atoms with E-state index in [4.69, 9.17) is 39.6 Å². The number of hydrogen-bond acceptors (Lipinski definition) is 16. The van der Waals surface area contributed by atoms with Gasteiger partial charge in [-0.1, -0.05) is 80.2 Å². The second kappa shape index (κ2) is 41.8.